The second-order valence-corrected chi connectivity index (χ2v) is 8.45. The minimum atomic E-state index is -0.454. The zero-order valence-corrected chi connectivity index (χ0v) is 17.2. The quantitative estimate of drug-likeness (QED) is 0.425. The number of hydrogen-bond acceptors (Lipinski definition) is 6. The Balaban J connectivity index is 1.68. The Kier molecular flexibility index (Phi) is 3.63. The highest BCUT2D eigenvalue weighted by atomic mass is 32.1. The number of carbonyl (C=O) groups is 1. The van der Waals surface area contributed by atoms with Crippen molar-refractivity contribution in [2.45, 2.75) is 13.0 Å². The normalized spacial score (nSPS) is 15.5. The molecule has 2 N–H and O–H groups in total. The topological polar surface area (TPSA) is 92.1 Å². The summed E-state index contributed by atoms with van der Waals surface area (Å²) in [6, 6.07) is 17.8. The first kappa shape index (κ1) is 17.9. The fourth-order valence-electron chi connectivity index (χ4n) is 4.21. The molecular weight excluding hydrogens is 412 g/mol. The summed E-state index contributed by atoms with van der Waals surface area (Å²) >= 11 is 1.20. The third-order valence-corrected chi connectivity index (χ3v) is 6.68. The maximum Gasteiger partial charge on any atom is 0.349 e. The number of cyclic esters (lactones) is 1. The summed E-state index contributed by atoms with van der Waals surface area (Å²) in [5.41, 5.74) is 9.44. The number of carbonyl (C=O) groups excluding carboxylic acids is 1. The van der Waals surface area contributed by atoms with Crippen molar-refractivity contribution >= 4 is 44.4 Å². The Hall–Kier alpha value is -3.91. The molecule has 6 rings (SSSR count). The number of hydrogen-bond donors (Lipinski definition) is 1. The summed E-state index contributed by atoms with van der Waals surface area (Å²) in [5.74, 6) is -0.497. The fraction of sp³-hybridized carbons (Fsp3) is 0.0870. The molecule has 0 fully saturated rings. The van der Waals surface area contributed by atoms with Crippen molar-refractivity contribution in [1.29, 1.82) is 0 Å². The van der Waals surface area contributed by atoms with Crippen LogP contribution >= 0.6 is 11.3 Å². The summed E-state index contributed by atoms with van der Waals surface area (Å²) < 4.78 is 8.99. The van der Waals surface area contributed by atoms with E-state index in [-0.39, 0.29) is 5.82 Å². The molecule has 7 nitrogen and oxygen atoms in total. The molecule has 1 aliphatic rings. The van der Waals surface area contributed by atoms with Crippen molar-refractivity contribution in [3.8, 4) is 11.4 Å². The number of thiophene rings is 1. The van der Waals surface area contributed by atoms with Gasteiger partial charge in [-0.2, -0.15) is 0 Å². The molecule has 0 saturated carbocycles. The van der Waals surface area contributed by atoms with Crippen molar-refractivity contribution < 1.29 is 9.53 Å². The zero-order valence-electron chi connectivity index (χ0n) is 16.4. The first-order chi connectivity index (χ1) is 15.0. The average Bonchev–Trinajstić information content (AvgIpc) is 3.43. The van der Waals surface area contributed by atoms with E-state index in [1.807, 2.05) is 60.8 Å². The fourth-order valence-corrected chi connectivity index (χ4v) is 5.34. The number of fused-ring (bicyclic) bond motifs is 4. The van der Waals surface area contributed by atoms with Gasteiger partial charge in [0.05, 0.1) is 16.7 Å². The van der Waals surface area contributed by atoms with Gasteiger partial charge in [0.2, 0.25) is 0 Å². The summed E-state index contributed by atoms with van der Waals surface area (Å²) in [6.45, 7) is 1.80. The SMILES string of the molecule is CC1OC(=O)c2sc3nc(N)c(=O)n(-c4ccc5ccn(-c6ccccc6)c5c4)c3c21. The van der Waals surface area contributed by atoms with Gasteiger partial charge in [-0.25, -0.2) is 9.78 Å². The van der Waals surface area contributed by atoms with Crippen LogP contribution in [0.1, 0.15) is 28.3 Å². The first-order valence-electron chi connectivity index (χ1n) is 9.76. The van der Waals surface area contributed by atoms with E-state index in [0.29, 0.717) is 26.5 Å². The molecule has 8 heteroatoms. The number of benzene rings is 2. The van der Waals surface area contributed by atoms with Crippen LogP contribution in [0.5, 0.6) is 0 Å². The van der Waals surface area contributed by atoms with Crippen molar-refractivity contribution in [1.82, 2.24) is 14.1 Å². The second-order valence-electron chi connectivity index (χ2n) is 7.45. The van der Waals surface area contributed by atoms with Gasteiger partial charge in [-0.1, -0.05) is 24.3 Å². The zero-order chi connectivity index (χ0) is 21.3. The van der Waals surface area contributed by atoms with Crippen molar-refractivity contribution in [3.05, 3.63) is 81.6 Å². The third-order valence-electron chi connectivity index (χ3n) is 5.61. The Morgan fingerprint density at radius 2 is 1.87 bits per heavy atom. The molecule has 1 aliphatic heterocycles. The van der Waals surface area contributed by atoms with Gasteiger partial charge in [-0.15, -0.1) is 11.3 Å². The predicted molar refractivity (Wildman–Crippen MR) is 120 cm³/mol. The minimum Gasteiger partial charge on any atom is -0.453 e. The third kappa shape index (κ3) is 2.48. The molecular formula is C23H16N4O3S. The van der Waals surface area contributed by atoms with E-state index >= 15 is 0 Å². The van der Waals surface area contributed by atoms with E-state index in [4.69, 9.17) is 10.5 Å². The Labute approximate surface area is 179 Å². The van der Waals surface area contributed by atoms with E-state index in [9.17, 15) is 9.59 Å². The molecule has 0 amide bonds. The number of para-hydroxylation sites is 1. The molecule has 0 bridgehead atoms. The summed E-state index contributed by atoms with van der Waals surface area (Å²) in [5, 5.41) is 1.04. The molecule has 152 valence electrons. The maximum atomic E-state index is 13.1. The summed E-state index contributed by atoms with van der Waals surface area (Å²) in [4.78, 5) is 30.7. The van der Waals surface area contributed by atoms with Crippen LogP contribution in [0.3, 0.4) is 0 Å². The Bertz CT molecular complexity index is 1580. The van der Waals surface area contributed by atoms with Crippen molar-refractivity contribution in [2.24, 2.45) is 0 Å². The predicted octanol–water partition coefficient (Wildman–Crippen LogP) is 4.20. The number of nitrogens with two attached hydrogens (primary N) is 1. The van der Waals surface area contributed by atoms with Gasteiger partial charge >= 0.3 is 5.97 Å². The molecule has 1 atom stereocenters. The highest BCUT2D eigenvalue weighted by Gasteiger charge is 2.35. The molecule has 0 spiro atoms. The van der Waals surface area contributed by atoms with Gasteiger partial charge in [0.25, 0.3) is 5.56 Å². The molecule has 31 heavy (non-hydrogen) atoms. The number of ether oxygens (including phenoxy) is 1. The molecule has 0 radical (unpaired) electrons. The number of nitrogens with zero attached hydrogens (tertiary/aromatic N) is 3. The minimum absolute atomic E-state index is 0.105. The number of aromatic nitrogens is 3. The molecule has 0 aliphatic carbocycles. The number of nitrogen functional groups attached to an aromatic ring is 1. The molecule has 1 unspecified atom stereocenters. The van der Waals surface area contributed by atoms with Crippen LogP contribution in [-0.4, -0.2) is 20.1 Å². The van der Waals surface area contributed by atoms with E-state index in [1.165, 1.54) is 11.3 Å². The second kappa shape index (κ2) is 6.29. The van der Waals surface area contributed by atoms with Gasteiger partial charge in [0, 0.05) is 22.8 Å². The van der Waals surface area contributed by atoms with E-state index in [2.05, 4.69) is 9.55 Å². The van der Waals surface area contributed by atoms with Crippen LogP contribution < -0.4 is 11.3 Å². The van der Waals surface area contributed by atoms with Crippen LogP contribution in [0.15, 0.2) is 65.6 Å². The smallest absolute Gasteiger partial charge is 0.349 e. The average molecular weight is 428 g/mol. The van der Waals surface area contributed by atoms with Gasteiger partial charge in [-0.05, 0) is 37.3 Å². The van der Waals surface area contributed by atoms with Crippen LogP contribution in [0.2, 0.25) is 0 Å². The van der Waals surface area contributed by atoms with Gasteiger partial charge in [0.1, 0.15) is 15.8 Å². The van der Waals surface area contributed by atoms with Gasteiger partial charge in [-0.3, -0.25) is 9.36 Å². The number of anilines is 1. The molecule has 4 heterocycles. The lowest BCUT2D eigenvalue weighted by atomic mass is 10.1. The largest absolute Gasteiger partial charge is 0.453 e. The maximum absolute atomic E-state index is 13.1. The van der Waals surface area contributed by atoms with Crippen LogP contribution in [0.4, 0.5) is 5.82 Å². The summed E-state index contributed by atoms with van der Waals surface area (Å²) in [7, 11) is 0. The van der Waals surface area contributed by atoms with Crippen LogP contribution in [0.25, 0.3) is 32.6 Å². The van der Waals surface area contributed by atoms with Gasteiger partial charge < -0.3 is 15.0 Å². The van der Waals surface area contributed by atoms with E-state index in [1.54, 1.807) is 11.5 Å². The molecule has 0 saturated heterocycles. The van der Waals surface area contributed by atoms with Gasteiger partial charge in [0.15, 0.2) is 5.82 Å². The lowest BCUT2D eigenvalue weighted by Gasteiger charge is -2.13. The van der Waals surface area contributed by atoms with Crippen molar-refractivity contribution in [3.63, 3.8) is 0 Å². The molecule has 2 aromatic carbocycles. The summed E-state index contributed by atoms with van der Waals surface area (Å²) in [6.07, 6.45) is 1.55. The van der Waals surface area contributed by atoms with E-state index in [0.717, 1.165) is 16.6 Å². The first-order valence-corrected chi connectivity index (χ1v) is 10.6. The monoisotopic (exact) mass is 428 g/mol. The van der Waals surface area contributed by atoms with Crippen LogP contribution in [0, 0.1) is 0 Å². The molecule has 3 aromatic heterocycles. The van der Waals surface area contributed by atoms with E-state index < -0.39 is 17.6 Å². The number of esters is 1. The standard InChI is InChI=1S/C23H16N4O3S/c1-12-17-18-21(31-19(17)23(29)30-12)25-20(24)22(28)27(18)15-8-7-13-9-10-26(16(13)11-15)14-5-3-2-4-6-14/h2-12H,1H3,(H2,24,25). The lowest BCUT2D eigenvalue weighted by molar-refractivity contribution is 0.0425. The van der Waals surface area contributed by atoms with Crippen LogP contribution in [-0.2, 0) is 4.74 Å². The molecule has 5 aromatic rings. The Morgan fingerprint density at radius 1 is 1.06 bits per heavy atom. The highest BCUT2D eigenvalue weighted by molar-refractivity contribution is 7.20. The Morgan fingerprint density at radius 3 is 2.68 bits per heavy atom. The highest BCUT2D eigenvalue weighted by Crippen LogP contribution is 2.42. The lowest BCUT2D eigenvalue weighted by Crippen LogP contribution is -2.23. The number of rotatable bonds is 2. The van der Waals surface area contributed by atoms with Crippen molar-refractivity contribution in [2.75, 3.05) is 5.73 Å².